The van der Waals surface area contributed by atoms with Crippen molar-refractivity contribution in [2.45, 2.75) is 0 Å². The van der Waals surface area contributed by atoms with Crippen LogP contribution in [0.4, 0.5) is 5.69 Å². The first-order valence-electron chi connectivity index (χ1n) is 7.48. The highest BCUT2D eigenvalue weighted by Crippen LogP contribution is 2.27. The third-order valence-electron chi connectivity index (χ3n) is 3.88. The molecule has 0 aliphatic heterocycles. The summed E-state index contributed by atoms with van der Waals surface area (Å²) in [7, 11) is 0. The third-order valence-corrected chi connectivity index (χ3v) is 3.88. The molecule has 2 aromatic carbocycles. The maximum Gasteiger partial charge on any atom is 0.0914 e. The molecule has 110 valence electrons. The van der Waals surface area contributed by atoms with E-state index >= 15 is 0 Å². The number of anilines is 1. The van der Waals surface area contributed by atoms with Crippen molar-refractivity contribution in [3.8, 4) is 22.5 Å². The van der Waals surface area contributed by atoms with Gasteiger partial charge in [0, 0.05) is 17.3 Å². The number of rotatable bonds is 2. The number of fused-ring (bicyclic) bond motifs is 1. The number of para-hydroxylation sites is 1. The second kappa shape index (κ2) is 5.54. The highest BCUT2D eigenvalue weighted by Gasteiger charge is 2.07. The van der Waals surface area contributed by atoms with Crippen LogP contribution in [0.15, 0.2) is 79.0 Å². The first-order chi connectivity index (χ1) is 11.3. The van der Waals surface area contributed by atoms with Gasteiger partial charge in [-0.3, -0.25) is 4.98 Å². The molecular weight excluding hydrogens is 282 g/mol. The lowest BCUT2D eigenvalue weighted by Crippen LogP contribution is -1.94. The molecule has 0 bridgehead atoms. The van der Waals surface area contributed by atoms with E-state index in [1.807, 2.05) is 66.9 Å². The zero-order valence-electron chi connectivity index (χ0n) is 12.5. The van der Waals surface area contributed by atoms with Crippen LogP contribution in [-0.2, 0) is 0 Å². The third kappa shape index (κ3) is 2.53. The van der Waals surface area contributed by atoms with Crippen molar-refractivity contribution < 1.29 is 0 Å². The maximum absolute atomic E-state index is 6.18. The first-order valence-corrected chi connectivity index (χ1v) is 7.48. The minimum atomic E-state index is 0.720. The Morgan fingerprint density at radius 1 is 0.696 bits per heavy atom. The molecule has 0 aliphatic rings. The van der Waals surface area contributed by atoms with Gasteiger partial charge in [0.1, 0.15) is 0 Å². The molecule has 0 amide bonds. The summed E-state index contributed by atoms with van der Waals surface area (Å²) < 4.78 is 0. The van der Waals surface area contributed by atoms with Crippen LogP contribution < -0.4 is 5.73 Å². The first kappa shape index (κ1) is 13.5. The smallest absolute Gasteiger partial charge is 0.0914 e. The maximum atomic E-state index is 6.18. The Labute approximate surface area is 134 Å². The van der Waals surface area contributed by atoms with Crippen molar-refractivity contribution >= 4 is 16.6 Å². The molecule has 2 N–H and O–H groups in total. The van der Waals surface area contributed by atoms with E-state index in [0.29, 0.717) is 0 Å². The minimum Gasteiger partial charge on any atom is -0.398 e. The van der Waals surface area contributed by atoms with E-state index in [1.54, 1.807) is 0 Å². The van der Waals surface area contributed by atoms with Gasteiger partial charge in [-0.05, 0) is 35.4 Å². The van der Waals surface area contributed by atoms with Crippen LogP contribution in [0.25, 0.3) is 33.4 Å². The predicted octanol–water partition coefficient (Wildman–Crippen LogP) is 4.55. The number of pyridine rings is 2. The molecule has 2 aromatic heterocycles. The SMILES string of the molecule is Nc1cc(-c2cc(-c3ccccc3)ccn2)nc2ccccc12. The van der Waals surface area contributed by atoms with Crippen LogP contribution in [-0.4, -0.2) is 9.97 Å². The normalized spacial score (nSPS) is 10.8. The molecule has 0 fully saturated rings. The Bertz CT molecular complexity index is 978. The molecule has 0 spiro atoms. The average Bonchev–Trinajstić information content (AvgIpc) is 2.62. The van der Waals surface area contributed by atoms with Gasteiger partial charge in [0.2, 0.25) is 0 Å². The van der Waals surface area contributed by atoms with Crippen LogP contribution in [0.3, 0.4) is 0 Å². The highest BCUT2D eigenvalue weighted by molar-refractivity contribution is 5.92. The van der Waals surface area contributed by atoms with Crippen LogP contribution in [0, 0.1) is 0 Å². The molecule has 4 rings (SSSR count). The van der Waals surface area contributed by atoms with E-state index in [9.17, 15) is 0 Å². The van der Waals surface area contributed by atoms with Gasteiger partial charge in [-0.25, -0.2) is 4.98 Å². The molecule has 0 saturated carbocycles. The van der Waals surface area contributed by atoms with Crippen molar-refractivity contribution in [3.63, 3.8) is 0 Å². The molecule has 0 unspecified atom stereocenters. The monoisotopic (exact) mass is 297 g/mol. The number of hydrogen-bond acceptors (Lipinski definition) is 3. The van der Waals surface area contributed by atoms with Gasteiger partial charge < -0.3 is 5.73 Å². The summed E-state index contributed by atoms with van der Waals surface area (Å²) in [4.78, 5) is 9.16. The van der Waals surface area contributed by atoms with Crippen LogP contribution in [0.2, 0.25) is 0 Å². The molecule has 3 nitrogen and oxygen atoms in total. The number of hydrogen-bond donors (Lipinski definition) is 1. The Morgan fingerprint density at radius 3 is 2.35 bits per heavy atom. The Hall–Kier alpha value is -3.20. The molecular formula is C20H15N3. The summed E-state index contributed by atoms with van der Waals surface area (Å²) in [5.74, 6) is 0. The van der Waals surface area contributed by atoms with Crippen molar-refractivity contribution in [2.24, 2.45) is 0 Å². The van der Waals surface area contributed by atoms with E-state index in [4.69, 9.17) is 10.7 Å². The summed E-state index contributed by atoms with van der Waals surface area (Å²) in [5, 5.41) is 0.968. The molecule has 0 saturated heterocycles. The standard InChI is InChI=1S/C20H15N3/c21-17-13-20(23-18-9-5-4-8-16(17)18)19-12-15(10-11-22-19)14-6-2-1-3-7-14/h1-13H,(H2,21,23). The van der Waals surface area contributed by atoms with E-state index in [0.717, 1.165) is 39.1 Å². The van der Waals surface area contributed by atoms with E-state index in [-0.39, 0.29) is 0 Å². The van der Waals surface area contributed by atoms with Crippen molar-refractivity contribution in [1.29, 1.82) is 0 Å². The van der Waals surface area contributed by atoms with Gasteiger partial charge in [-0.15, -0.1) is 0 Å². The fourth-order valence-electron chi connectivity index (χ4n) is 2.71. The van der Waals surface area contributed by atoms with E-state index in [1.165, 1.54) is 0 Å². The molecule has 0 radical (unpaired) electrons. The van der Waals surface area contributed by atoms with E-state index < -0.39 is 0 Å². The van der Waals surface area contributed by atoms with Gasteiger partial charge >= 0.3 is 0 Å². The Kier molecular flexibility index (Phi) is 3.24. The summed E-state index contributed by atoms with van der Waals surface area (Å²) in [6.07, 6.45) is 1.81. The Morgan fingerprint density at radius 2 is 1.48 bits per heavy atom. The molecule has 2 heterocycles. The van der Waals surface area contributed by atoms with E-state index in [2.05, 4.69) is 17.1 Å². The van der Waals surface area contributed by atoms with Crippen molar-refractivity contribution in [3.05, 3.63) is 79.0 Å². The largest absolute Gasteiger partial charge is 0.398 e. The van der Waals surface area contributed by atoms with Crippen LogP contribution in [0.1, 0.15) is 0 Å². The lowest BCUT2D eigenvalue weighted by molar-refractivity contribution is 1.28. The molecule has 4 aromatic rings. The lowest BCUT2D eigenvalue weighted by Gasteiger charge is -2.07. The predicted molar refractivity (Wildman–Crippen MR) is 94.8 cm³/mol. The lowest BCUT2D eigenvalue weighted by atomic mass is 10.0. The quantitative estimate of drug-likeness (QED) is 0.590. The number of nitrogens with zero attached hydrogens (tertiary/aromatic N) is 2. The van der Waals surface area contributed by atoms with Crippen molar-refractivity contribution in [2.75, 3.05) is 5.73 Å². The second-order valence-electron chi connectivity index (χ2n) is 5.41. The van der Waals surface area contributed by atoms with Crippen molar-refractivity contribution in [1.82, 2.24) is 9.97 Å². The Balaban J connectivity index is 1.85. The summed E-state index contributed by atoms with van der Waals surface area (Å²) in [6.45, 7) is 0. The highest BCUT2D eigenvalue weighted by atomic mass is 14.8. The van der Waals surface area contributed by atoms with Crippen LogP contribution >= 0.6 is 0 Å². The topological polar surface area (TPSA) is 51.8 Å². The van der Waals surface area contributed by atoms with Gasteiger partial charge in [-0.2, -0.15) is 0 Å². The summed E-state index contributed by atoms with van der Waals surface area (Å²) in [5.41, 5.74) is 11.7. The van der Waals surface area contributed by atoms with Gasteiger partial charge in [-0.1, -0.05) is 48.5 Å². The molecule has 0 aliphatic carbocycles. The average molecular weight is 297 g/mol. The number of nitrogen functional groups attached to an aromatic ring is 1. The number of benzene rings is 2. The van der Waals surface area contributed by atoms with Crippen LogP contribution in [0.5, 0.6) is 0 Å². The molecule has 3 heteroatoms. The second-order valence-corrected chi connectivity index (χ2v) is 5.41. The zero-order chi connectivity index (χ0) is 15.6. The zero-order valence-corrected chi connectivity index (χ0v) is 12.5. The number of nitrogens with two attached hydrogens (primary N) is 1. The molecule has 0 atom stereocenters. The summed E-state index contributed by atoms with van der Waals surface area (Å²) in [6, 6.07) is 24.1. The van der Waals surface area contributed by atoms with Gasteiger partial charge in [0.15, 0.2) is 0 Å². The number of aromatic nitrogens is 2. The summed E-state index contributed by atoms with van der Waals surface area (Å²) >= 11 is 0. The fourth-order valence-corrected chi connectivity index (χ4v) is 2.71. The fraction of sp³-hybridized carbons (Fsp3) is 0. The van der Waals surface area contributed by atoms with Gasteiger partial charge in [0.05, 0.1) is 16.9 Å². The molecule has 23 heavy (non-hydrogen) atoms. The van der Waals surface area contributed by atoms with Gasteiger partial charge in [0.25, 0.3) is 0 Å². The minimum absolute atomic E-state index is 0.720.